The average molecular weight is 157 g/mol. The number of hydrogen-bond acceptors (Lipinski definition) is 1. The Morgan fingerprint density at radius 1 is 1.30 bits per heavy atom. The molecule has 0 nitrogen and oxygen atoms in total. The number of allylic oxidation sites excluding steroid dienone is 2. The maximum Gasteiger partial charge on any atom is 0.00235 e. The van der Waals surface area contributed by atoms with Crippen LogP contribution in [0.5, 0.6) is 0 Å². The minimum atomic E-state index is 1.19. The molecule has 0 bridgehead atoms. The van der Waals surface area contributed by atoms with Crippen LogP contribution in [0.4, 0.5) is 0 Å². The molecule has 0 aromatic heterocycles. The van der Waals surface area contributed by atoms with E-state index in [0.29, 0.717) is 0 Å². The third kappa shape index (κ3) is 4.92. The first-order valence-electron chi connectivity index (χ1n) is 3.68. The Labute approximate surface area is 69.1 Å². The van der Waals surface area contributed by atoms with Gasteiger partial charge in [-0.25, -0.2) is 0 Å². The van der Waals surface area contributed by atoms with Gasteiger partial charge in [0.1, 0.15) is 0 Å². The predicted molar refractivity (Wildman–Crippen MR) is 51.1 cm³/mol. The Morgan fingerprint density at radius 3 is 2.30 bits per heavy atom. The minimum Gasteiger partial charge on any atom is -0.161 e. The first kappa shape index (κ1) is 10.1. The lowest BCUT2D eigenvalue weighted by atomic mass is 10.1. The lowest BCUT2D eigenvalue weighted by molar-refractivity contribution is 0.901. The fourth-order valence-corrected chi connectivity index (χ4v) is 1.04. The van der Waals surface area contributed by atoms with Crippen LogP contribution in [0.2, 0.25) is 0 Å². The molecule has 0 aliphatic rings. The van der Waals surface area contributed by atoms with E-state index in [1.165, 1.54) is 29.7 Å². The van der Waals surface area contributed by atoms with Crippen molar-refractivity contribution in [3.8, 4) is 0 Å². The molecule has 0 aromatic rings. The van der Waals surface area contributed by atoms with Crippen molar-refractivity contribution in [2.24, 2.45) is 0 Å². The van der Waals surface area contributed by atoms with Gasteiger partial charge in [-0.05, 0) is 39.4 Å². The Kier molecular flexibility index (Phi) is 5.90. The topological polar surface area (TPSA) is 0 Å². The van der Waals surface area contributed by atoms with E-state index in [1.807, 2.05) is 0 Å². The summed E-state index contributed by atoms with van der Waals surface area (Å²) in [4.78, 5) is 0. The van der Waals surface area contributed by atoms with E-state index in [-0.39, 0.29) is 0 Å². The van der Waals surface area contributed by atoms with E-state index in [4.69, 9.17) is 0 Å². The predicted octanol–water partition coefficient (Wildman–Crippen LogP) is 3.65. The lowest BCUT2D eigenvalue weighted by Gasteiger charge is -2.01. The minimum absolute atomic E-state index is 1.19. The van der Waals surface area contributed by atoms with Gasteiger partial charge in [-0.2, -0.15) is 11.8 Å². The van der Waals surface area contributed by atoms with Crippen molar-refractivity contribution in [3.05, 3.63) is 17.4 Å². The summed E-state index contributed by atoms with van der Waals surface area (Å²) < 4.78 is 0. The van der Waals surface area contributed by atoms with Gasteiger partial charge in [-0.1, -0.05) is 11.1 Å². The van der Waals surface area contributed by atoms with Gasteiger partial charge in [0, 0.05) is 6.26 Å². The molecule has 0 spiro atoms. The highest BCUT2D eigenvalue weighted by atomic mass is 32.2. The zero-order chi connectivity index (χ0) is 7.98. The molecule has 0 saturated carbocycles. The highest BCUT2D eigenvalue weighted by molar-refractivity contribution is 8.00. The van der Waals surface area contributed by atoms with Crippen LogP contribution < -0.4 is 0 Å². The van der Waals surface area contributed by atoms with E-state index in [2.05, 4.69) is 27.0 Å². The quantitative estimate of drug-likeness (QED) is 0.443. The van der Waals surface area contributed by atoms with Gasteiger partial charge in [-0.15, -0.1) is 0 Å². The molecule has 0 saturated heterocycles. The molecule has 0 atom stereocenters. The maximum absolute atomic E-state index is 3.73. The molecule has 0 aliphatic carbocycles. The van der Waals surface area contributed by atoms with Crippen molar-refractivity contribution in [3.63, 3.8) is 0 Å². The van der Waals surface area contributed by atoms with Crippen LogP contribution in [-0.2, 0) is 0 Å². The summed E-state index contributed by atoms with van der Waals surface area (Å²) in [6.07, 6.45) is 6.24. The van der Waals surface area contributed by atoms with Gasteiger partial charge in [0.15, 0.2) is 0 Å². The third-order valence-electron chi connectivity index (χ3n) is 1.69. The number of rotatable bonds is 4. The van der Waals surface area contributed by atoms with Crippen molar-refractivity contribution < 1.29 is 0 Å². The Balaban J connectivity index is 3.40. The number of hydrogen-bond donors (Lipinski definition) is 0. The molecule has 0 rings (SSSR count). The van der Waals surface area contributed by atoms with E-state index < -0.39 is 0 Å². The molecule has 59 valence electrons. The highest BCUT2D eigenvalue weighted by Crippen LogP contribution is 2.11. The van der Waals surface area contributed by atoms with E-state index in [0.717, 1.165) is 0 Å². The highest BCUT2D eigenvalue weighted by Gasteiger charge is 1.91. The molecular formula is C9H17S. The summed E-state index contributed by atoms with van der Waals surface area (Å²) >= 11 is 1.68. The van der Waals surface area contributed by atoms with Crippen molar-refractivity contribution in [1.29, 1.82) is 0 Å². The summed E-state index contributed by atoms with van der Waals surface area (Å²) in [6, 6.07) is 0. The molecule has 0 amide bonds. The first-order chi connectivity index (χ1) is 4.68. The molecule has 10 heavy (non-hydrogen) atoms. The zero-order valence-electron chi connectivity index (χ0n) is 7.24. The second-order valence-electron chi connectivity index (χ2n) is 2.79. The SMILES string of the molecule is [CH2]SCCCC(C)=C(C)C. The van der Waals surface area contributed by atoms with E-state index >= 15 is 0 Å². The van der Waals surface area contributed by atoms with Crippen molar-refractivity contribution in [2.75, 3.05) is 5.75 Å². The Bertz CT molecular complexity index is 110. The van der Waals surface area contributed by atoms with Crippen molar-refractivity contribution in [2.45, 2.75) is 33.6 Å². The average Bonchev–Trinajstić information content (AvgIpc) is 1.88. The van der Waals surface area contributed by atoms with Gasteiger partial charge in [0.2, 0.25) is 0 Å². The standard InChI is InChI=1S/C9H17S/c1-8(2)9(3)6-5-7-10-4/h4-7H2,1-3H3. The van der Waals surface area contributed by atoms with Gasteiger partial charge in [-0.3, -0.25) is 0 Å². The molecule has 1 radical (unpaired) electrons. The van der Waals surface area contributed by atoms with Gasteiger partial charge < -0.3 is 0 Å². The largest absolute Gasteiger partial charge is 0.161 e. The summed E-state index contributed by atoms with van der Waals surface area (Å²) in [6.45, 7) is 6.56. The fourth-order valence-electron chi connectivity index (χ4n) is 0.689. The van der Waals surface area contributed by atoms with Crippen LogP contribution in [0.1, 0.15) is 33.6 Å². The maximum atomic E-state index is 3.73. The van der Waals surface area contributed by atoms with Crippen LogP contribution >= 0.6 is 11.8 Å². The van der Waals surface area contributed by atoms with Crippen LogP contribution in [0.3, 0.4) is 0 Å². The molecule has 0 fully saturated rings. The van der Waals surface area contributed by atoms with Gasteiger partial charge in [0.25, 0.3) is 0 Å². The second kappa shape index (κ2) is 5.84. The Morgan fingerprint density at radius 2 is 1.90 bits per heavy atom. The molecule has 0 aliphatic heterocycles. The van der Waals surface area contributed by atoms with Crippen LogP contribution in [0.15, 0.2) is 11.1 Å². The fraction of sp³-hybridized carbons (Fsp3) is 0.667. The summed E-state index contributed by atoms with van der Waals surface area (Å²) in [7, 11) is 0. The molecule has 0 aromatic carbocycles. The molecule has 0 heterocycles. The lowest BCUT2D eigenvalue weighted by Crippen LogP contribution is -1.83. The summed E-state index contributed by atoms with van der Waals surface area (Å²) in [5.74, 6) is 1.19. The monoisotopic (exact) mass is 157 g/mol. The zero-order valence-corrected chi connectivity index (χ0v) is 8.05. The Hall–Kier alpha value is 0.0900. The molecule has 0 N–H and O–H groups in total. The summed E-state index contributed by atoms with van der Waals surface area (Å²) in [5, 5.41) is 0. The summed E-state index contributed by atoms with van der Waals surface area (Å²) in [5.41, 5.74) is 3.00. The van der Waals surface area contributed by atoms with Crippen LogP contribution in [-0.4, -0.2) is 5.75 Å². The molecule has 1 heteroatoms. The van der Waals surface area contributed by atoms with Gasteiger partial charge in [0.05, 0.1) is 0 Å². The normalized spacial score (nSPS) is 9.60. The van der Waals surface area contributed by atoms with E-state index in [9.17, 15) is 0 Å². The second-order valence-corrected chi connectivity index (χ2v) is 3.61. The van der Waals surface area contributed by atoms with Crippen LogP contribution in [0.25, 0.3) is 0 Å². The molecular weight excluding hydrogens is 140 g/mol. The third-order valence-corrected chi connectivity index (χ3v) is 2.27. The van der Waals surface area contributed by atoms with Crippen molar-refractivity contribution >= 4 is 11.8 Å². The molecule has 0 unspecified atom stereocenters. The van der Waals surface area contributed by atoms with Crippen LogP contribution in [0, 0.1) is 6.26 Å². The van der Waals surface area contributed by atoms with Gasteiger partial charge >= 0.3 is 0 Å². The van der Waals surface area contributed by atoms with E-state index in [1.54, 1.807) is 11.8 Å². The number of thioether (sulfide) groups is 1. The smallest absolute Gasteiger partial charge is 0.00235 e. The van der Waals surface area contributed by atoms with Crippen molar-refractivity contribution in [1.82, 2.24) is 0 Å². The first-order valence-corrected chi connectivity index (χ1v) is 4.84.